The first-order chi connectivity index (χ1) is 19.6. The molecule has 0 saturated heterocycles. The van der Waals surface area contributed by atoms with Crippen molar-refractivity contribution in [1.29, 1.82) is 0 Å². The minimum absolute atomic E-state index is 0.00233. The Morgan fingerprint density at radius 3 is 2.39 bits per heavy atom. The van der Waals surface area contributed by atoms with E-state index >= 15 is 4.39 Å². The predicted molar refractivity (Wildman–Crippen MR) is 158 cm³/mol. The standard InChI is InChI=1S/C32H37BrFNO6/c1-21-13-27(33)11-12-28(21)22(2)18-39-30(36)16-25-14-26(31(29(34)15-25)41-23(3)19-38-5)17-35(4)32(37)40-20-24-9-7-6-8-10-24/h6-15,22-23H,16-20H2,1-5H3/t22-,23-/m0/s1. The van der Waals surface area contributed by atoms with E-state index in [0.29, 0.717) is 11.1 Å². The molecule has 0 aromatic heterocycles. The molecule has 0 unspecified atom stereocenters. The van der Waals surface area contributed by atoms with Crippen molar-refractivity contribution in [3.05, 3.63) is 98.8 Å². The zero-order valence-corrected chi connectivity index (χ0v) is 25.7. The smallest absolute Gasteiger partial charge is 0.410 e. The minimum atomic E-state index is -0.641. The van der Waals surface area contributed by atoms with Gasteiger partial charge in [0.25, 0.3) is 0 Å². The molecule has 3 rings (SSSR count). The van der Waals surface area contributed by atoms with Gasteiger partial charge in [-0.2, -0.15) is 0 Å². The molecule has 0 saturated carbocycles. The van der Waals surface area contributed by atoms with Gasteiger partial charge in [0.1, 0.15) is 12.7 Å². The molecule has 0 bridgehead atoms. The maximum absolute atomic E-state index is 15.3. The number of hydrogen-bond acceptors (Lipinski definition) is 6. The van der Waals surface area contributed by atoms with Crippen LogP contribution in [0.5, 0.6) is 5.75 Å². The van der Waals surface area contributed by atoms with Gasteiger partial charge in [-0.25, -0.2) is 9.18 Å². The molecule has 0 fully saturated rings. The van der Waals surface area contributed by atoms with Crippen LogP contribution in [-0.2, 0) is 38.6 Å². The Kier molecular flexibility index (Phi) is 12.2. The maximum atomic E-state index is 15.3. The molecule has 1 amide bonds. The van der Waals surface area contributed by atoms with Gasteiger partial charge >= 0.3 is 12.1 Å². The van der Waals surface area contributed by atoms with Crippen molar-refractivity contribution in [2.45, 2.75) is 52.4 Å². The predicted octanol–water partition coefficient (Wildman–Crippen LogP) is 6.97. The molecule has 41 heavy (non-hydrogen) atoms. The van der Waals surface area contributed by atoms with Crippen molar-refractivity contribution < 1.29 is 32.9 Å². The van der Waals surface area contributed by atoms with Crippen LogP contribution in [0.3, 0.4) is 0 Å². The first-order valence-corrected chi connectivity index (χ1v) is 14.2. The van der Waals surface area contributed by atoms with E-state index in [-0.39, 0.29) is 44.5 Å². The Morgan fingerprint density at radius 2 is 1.71 bits per heavy atom. The molecule has 220 valence electrons. The number of ether oxygens (including phenoxy) is 4. The fraction of sp³-hybridized carbons (Fsp3) is 0.375. The molecule has 3 aromatic carbocycles. The third-order valence-electron chi connectivity index (χ3n) is 6.43. The van der Waals surface area contributed by atoms with Crippen LogP contribution in [0.1, 0.15) is 47.6 Å². The van der Waals surface area contributed by atoms with Crippen LogP contribution in [0.25, 0.3) is 0 Å². The van der Waals surface area contributed by atoms with Crippen molar-refractivity contribution in [2.24, 2.45) is 0 Å². The van der Waals surface area contributed by atoms with Gasteiger partial charge in [0.15, 0.2) is 11.6 Å². The van der Waals surface area contributed by atoms with E-state index in [1.165, 1.54) is 18.1 Å². The van der Waals surface area contributed by atoms with E-state index in [9.17, 15) is 9.59 Å². The molecule has 0 N–H and O–H groups in total. The van der Waals surface area contributed by atoms with Gasteiger partial charge in [-0.1, -0.05) is 59.3 Å². The van der Waals surface area contributed by atoms with Gasteiger partial charge < -0.3 is 23.8 Å². The van der Waals surface area contributed by atoms with Gasteiger partial charge in [0.2, 0.25) is 0 Å². The van der Waals surface area contributed by atoms with E-state index in [2.05, 4.69) is 15.9 Å². The average molecular weight is 631 g/mol. The summed E-state index contributed by atoms with van der Waals surface area (Å²) in [4.78, 5) is 26.7. The molecule has 0 aliphatic carbocycles. The zero-order chi connectivity index (χ0) is 29.9. The van der Waals surface area contributed by atoms with Crippen molar-refractivity contribution in [1.82, 2.24) is 4.90 Å². The molecule has 9 heteroatoms. The Morgan fingerprint density at radius 1 is 0.976 bits per heavy atom. The maximum Gasteiger partial charge on any atom is 0.410 e. The van der Waals surface area contributed by atoms with Crippen LogP contribution >= 0.6 is 15.9 Å². The fourth-order valence-electron chi connectivity index (χ4n) is 4.40. The molecule has 0 spiro atoms. The van der Waals surface area contributed by atoms with Gasteiger partial charge in [0, 0.05) is 30.1 Å². The summed E-state index contributed by atoms with van der Waals surface area (Å²) >= 11 is 3.46. The molecule has 0 aliphatic rings. The van der Waals surface area contributed by atoms with E-state index in [4.69, 9.17) is 18.9 Å². The minimum Gasteiger partial charge on any atom is -0.485 e. The summed E-state index contributed by atoms with van der Waals surface area (Å²) in [6, 6.07) is 18.2. The Hall–Kier alpha value is -3.43. The zero-order valence-electron chi connectivity index (χ0n) is 24.1. The molecular weight excluding hydrogens is 593 g/mol. The highest BCUT2D eigenvalue weighted by molar-refractivity contribution is 9.10. The van der Waals surface area contributed by atoms with Crippen molar-refractivity contribution in [3.63, 3.8) is 0 Å². The van der Waals surface area contributed by atoms with Crippen molar-refractivity contribution in [2.75, 3.05) is 27.4 Å². The van der Waals surface area contributed by atoms with Gasteiger partial charge in [0.05, 0.1) is 26.2 Å². The first-order valence-electron chi connectivity index (χ1n) is 13.4. The summed E-state index contributed by atoms with van der Waals surface area (Å²) in [5.74, 6) is -1.13. The summed E-state index contributed by atoms with van der Waals surface area (Å²) in [5.41, 5.74) is 3.84. The second-order valence-electron chi connectivity index (χ2n) is 10.1. The summed E-state index contributed by atoms with van der Waals surface area (Å²) in [7, 11) is 3.08. The van der Waals surface area contributed by atoms with Crippen LogP contribution in [0.4, 0.5) is 9.18 Å². The van der Waals surface area contributed by atoms with E-state index in [1.807, 2.05) is 62.4 Å². The SMILES string of the molecule is COC[C@H](C)Oc1c(F)cc(CC(=O)OC[C@H](C)c2ccc(Br)cc2C)cc1CN(C)C(=O)OCc1ccccc1. The highest BCUT2D eigenvalue weighted by atomic mass is 79.9. The number of amides is 1. The third kappa shape index (κ3) is 9.86. The summed E-state index contributed by atoms with van der Waals surface area (Å²) < 4.78 is 38.2. The summed E-state index contributed by atoms with van der Waals surface area (Å²) in [5, 5.41) is 0. The molecule has 0 radical (unpaired) electrons. The topological polar surface area (TPSA) is 74.3 Å². The number of carbonyl (C=O) groups is 2. The lowest BCUT2D eigenvalue weighted by molar-refractivity contribution is -0.143. The normalized spacial score (nSPS) is 12.4. The van der Waals surface area contributed by atoms with Gasteiger partial charge in [-0.05, 0) is 60.4 Å². The molecule has 7 nitrogen and oxygen atoms in total. The summed E-state index contributed by atoms with van der Waals surface area (Å²) in [6.07, 6.45) is -1.15. The first kappa shape index (κ1) is 32.1. The van der Waals surface area contributed by atoms with Crippen molar-refractivity contribution >= 4 is 28.0 Å². The number of rotatable bonds is 13. The fourth-order valence-corrected chi connectivity index (χ4v) is 4.88. The number of methoxy groups -OCH3 is 1. The monoisotopic (exact) mass is 629 g/mol. The van der Waals surface area contributed by atoms with Gasteiger partial charge in [-0.3, -0.25) is 4.79 Å². The molecule has 0 aliphatic heterocycles. The Bertz CT molecular complexity index is 1320. The van der Waals surface area contributed by atoms with Gasteiger partial charge in [-0.15, -0.1) is 0 Å². The lowest BCUT2D eigenvalue weighted by atomic mass is 9.97. The number of benzene rings is 3. The molecule has 3 aromatic rings. The lowest BCUT2D eigenvalue weighted by Gasteiger charge is -2.22. The van der Waals surface area contributed by atoms with Crippen molar-refractivity contribution in [3.8, 4) is 5.75 Å². The molecule has 2 atom stereocenters. The quantitative estimate of drug-likeness (QED) is 0.190. The second kappa shape index (κ2) is 15.5. The highest BCUT2D eigenvalue weighted by Crippen LogP contribution is 2.28. The van der Waals surface area contributed by atoms with Crippen LogP contribution in [0, 0.1) is 12.7 Å². The van der Waals surface area contributed by atoms with E-state index < -0.39 is 24.0 Å². The molecule has 0 heterocycles. The van der Waals surface area contributed by atoms with Crippen LogP contribution in [0.2, 0.25) is 0 Å². The third-order valence-corrected chi connectivity index (χ3v) is 6.92. The number of nitrogens with zero attached hydrogens (tertiary/aromatic N) is 1. The number of aryl methyl sites for hydroxylation is 1. The summed E-state index contributed by atoms with van der Waals surface area (Å²) in [6.45, 7) is 6.30. The largest absolute Gasteiger partial charge is 0.485 e. The molecular formula is C32H37BrFNO6. The van der Waals surface area contributed by atoms with E-state index in [1.54, 1.807) is 20.0 Å². The number of halogens is 2. The lowest BCUT2D eigenvalue weighted by Crippen LogP contribution is -2.28. The second-order valence-corrected chi connectivity index (χ2v) is 11.0. The number of hydrogen-bond donors (Lipinski definition) is 0. The average Bonchev–Trinajstić information content (AvgIpc) is 2.93. The van der Waals surface area contributed by atoms with E-state index in [0.717, 1.165) is 21.2 Å². The van der Waals surface area contributed by atoms with Crippen LogP contribution in [-0.4, -0.2) is 50.4 Å². The van der Waals surface area contributed by atoms with Crippen LogP contribution < -0.4 is 4.74 Å². The highest BCUT2D eigenvalue weighted by Gasteiger charge is 2.21. The number of esters is 1. The van der Waals surface area contributed by atoms with Crippen LogP contribution in [0.15, 0.2) is 65.1 Å². The Labute approximate surface area is 249 Å². The number of carbonyl (C=O) groups excluding carboxylic acids is 2. The Balaban J connectivity index is 1.71.